The van der Waals surface area contributed by atoms with E-state index in [4.69, 9.17) is 4.74 Å². The predicted molar refractivity (Wildman–Crippen MR) is 88.4 cm³/mol. The molecule has 3 aromatic rings. The number of nitrogens with one attached hydrogen (secondary N) is 1. The number of phenolic OH excluding ortho intramolecular Hbond substituents is 1. The number of aromatic nitrogens is 1. The number of pyridine rings is 1. The van der Waals surface area contributed by atoms with Gasteiger partial charge in [-0.2, -0.15) is 0 Å². The van der Waals surface area contributed by atoms with Gasteiger partial charge in [-0.05, 0) is 48.9 Å². The highest BCUT2D eigenvalue weighted by molar-refractivity contribution is 5.91. The molecule has 0 bridgehead atoms. The van der Waals surface area contributed by atoms with Crippen LogP contribution in [0.3, 0.4) is 0 Å². The normalized spacial score (nSPS) is 12.1. The number of anilines is 1. The molecule has 0 radical (unpaired) electrons. The highest BCUT2D eigenvalue weighted by Crippen LogP contribution is 2.31. The summed E-state index contributed by atoms with van der Waals surface area (Å²) in [6.07, 6.45) is 1.79. The fraction of sp³-hybridized carbons (Fsp3) is 0.167. The standard InChI is InChI=1S/C18H18N2O2/c1-12(13-8-9-17(21)18(11-13)22-2)20-16-7-3-6-15-14(16)5-4-10-19-15/h3-12,20-21H,1-2H3. The Bertz CT molecular complexity index is 797. The lowest BCUT2D eigenvalue weighted by Crippen LogP contribution is -2.07. The second-order valence-electron chi connectivity index (χ2n) is 5.17. The van der Waals surface area contributed by atoms with Crippen LogP contribution in [0.15, 0.2) is 54.7 Å². The Kier molecular flexibility index (Phi) is 3.83. The summed E-state index contributed by atoms with van der Waals surface area (Å²) in [4.78, 5) is 4.37. The van der Waals surface area contributed by atoms with Gasteiger partial charge in [-0.15, -0.1) is 0 Å². The Hall–Kier alpha value is -2.75. The molecule has 4 heteroatoms. The highest BCUT2D eigenvalue weighted by atomic mass is 16.5. The summed E-state index contributed by atoms with van der Waals surface area (Å²) >= 11 is 0. The first-order valence-corrected chi connectivity index (χ1v) is 7.16. The maximum atomic E-state index is 9.69. The van der Waals surface area contributed by atoms with Gasteiger partial charge in [-0.25, -0.2) is 0 Å². The van der Waals surface area contributed by atoms with Gasteiger partial charge in [0.15, 0.2) is 11.5 Å². The number of hydrogen-bond acceptors (Lipinski definition) is 4. The molecule has 112 valence electrons. The molecule has 1 aromatic heterocycles. The molecule has 2 N–H and O–H groups in total. The van der Waals surface area contributed by atoms with Gasteiger partial charge in [-0.3, -0.25) is 4.98 Å². The first kappa shape index (κ1) is 14.2. The summed E-state index contributed by atoms with van der Waals surface area (Å²) in [6.45, 7) is 2.07. The van der Waals surface area contributed by atoms with Gasteiger partial charge in [0.05, 0.1) is 12.6 Å². The third-order valence-corrected chi connectivity index (χ3v) is 3.72. The average Bonchev–Trinajstić information content (AvgIpc) is 2.55. The summed E-state index contributed by atoms with van der Waals surface area (Å²) in [7, 11) is 1.55. The molecule has 0 aliphatic carbocycles. The number of hydrogen-bond donors (Lipinski definition) is 2. The molecule has 0 amide bonds. The summed E-state index contributed by atoms with van der Waals surface area (Å²) < 4.78 is 5.17. The Morgan fingerprint density at radius 2 is 2.00 bits per heavy atom. The van der Waals surface area contributed by atoms with E-state index in [0.29, 0.717) is 5.75 Å². The van der Waals surface area contributed by atoms with Crippen molar-refractivity contribution in [1.82, 2.24) is 4.98 Å². The van der Waals surface area contributed by atoms with Crippen LogP contribution < -0.4 is 10.1 Å². The Morgan fingerprint density at radius 3 is 2.82 bits per heavy atom. The minimum absolute atomic E-state index is 0.0697. The van der Waals surface area contributed by atoms with Gasteiger partial charge in [0.2, 0.25) is 0 Å². The van der Waals surface area contributed by atoms with Crippen LogP contribution in [-0.2, 0) is 0 Å². The minimum Gasteiger partial charge on any atom is -0.504 e. The summed E-state index contributed by atoms with van der Waals surface area (Å²) in [5.41, 5.74) is 3.03. The lowest BCUT2D eigenvalue weighted by molar-refractivity contribution is 0.373. The van der Waals surface area contributed by atoms with Crippen LogP contribution in [0.25, 0.3) is 10.9 Å². The van der Waals surface area contributed by atoms with Gasteiger partial charge in [-0.1, -0.05) is 12.1 Å². The molecule has 22 heavy (non-hydrogen) atoms. The number of benzene rings is 2. The number of nitrogens with zero attached hydrogens (tertiary/aromatic N) is 1. The molecule has 2 aromatic carbocycles. The second kappa shape index (κ2) is 5.93. The lowest BCUT2D eigenvalue weighted by atomic mass is 10.1. The van der Waals surface area contributed by atoms with Crippen molar-refractivity contribution in [2.45, 2.75) is 13.0 Å². The van der Waals surface area contributed by atoms with Crippen molar-refractivity contribution < 1.29 is 9.84 Å². The van der Waals surface area contributed by atoms with Crippen LogP contribution in [0.2, 0.25) is 0 Å². The second-order valence-corrected chi connectivity index (χ2v) is 5.17. The van der Waals surface area contributed by atoms with E-state index >= 15 is 0 Å². The molecule has 0 aliphatic heterocycles. The van der Waals surface area contributed by atoms with E-state index < -0.39 is 0 Å². The van der Waals surface area contributed by atoms with Crippen LogP contribution in [-0.4, -0.2) is 17.2 Å². The topological polar surface area (TPSA) is 54.4 Å². The molecule has 1 atom stereocenters. The zero-order chi connectivity index (χ0) is 15.5. The van der Waals surface area contributed by atoms with Crippen LogP contribution >= 0.6 is 0 Å². The number of ether oxygens (including phenoxy) is 1. The number of phenols is 1. The van der Waals surface area contributed by atoms with Gasteiger partial charge in [0, 0.05) is 23.3 Å². The van der Waals surface area contributed by atoms with E-state index in [1.807, 2.05) is 36.4 Å². The molecule has 1 unspecified atom stereocenters. The summed E-state index contributed by atoms with van der Waals surface area (Å²) in [5.74, 6) is 0.624. The molecule has 0 saturated carbocycles. The molecule has 0 spiro atoms. The van der Waals surface area contributed by atoms with Crippen molar-refractivity contribution in [2.24, 2.45) is 0 Å². The molecule has 0 aliphatic rings. The van der Waals surface area contributed by atoms with Crippen LogP contribution in [0, 0.1) is 0 Å². The Morgan fingerprint density at radius 1 is 1.14 bits per heavy atom. The fourth-order valence-corrected chi connectivity index (χ4v) is 2.51. The summed E-state index contributed by atoms with van der Waals surface area (Å²) in [6, 6.07) is 15.5. The molecule has 3 rings (SSSR count). The van der Waals surface area contributed by atoms with Crippen molar-refractivity contribution >= 4 is 16.6 Å². The highest BCUT2D eigenvalue weighted by Gasteiger charge is 2.10. The van der Waals surface area contributed by atoms with Gasteiger partial charge in [0.1, 0.15) is 0 Å². The lowest BCUT2D eigenvalue weighted by Gasteiger charge is -2.18. The van der Waals surface area contributed by atoms with Crippen LogP contribution in [0.4, 0.5) is 5.69 Å². The van der Waals surface area contributed by atoms with Gasteiger partial charge >= 0.3 is 0 Å². The number of rotatable bonds is 4. The maximum Gasteiger partial charge on any atom is 0.160 e. The van der Waals surface area contributed by atoms with E-state index in [1.165, 1.54) is 0 Å². The number of fused-ring (bicyclic) bond motifs is 1. The Labute approximate surface area is 129 Å². The van der Waals surface area contributed by atoms with Crippen molar-refractivity contribution in [3.05, 3.63) is 60.3 Å². The summed E-state index contributed by atoms with van der Waals surface area (Å²) in [5, 5.41) is 14.3. The molecule has 1 heterocycles. The zero-order valence-corrected chi connectivity index (χ0v) is 12.6. The molecular formula is C18H18N2O2. The fourth-order valence-electron chi connectivity index (χ4n) is 2.51. The van der Waals surface area contributed by atoms with E-state index in [2.05, 4.69) is 23.3 Å². The van der Waals surface area contributed by atoms with E-state index in [-0.39, 0.29) is 11.8 Å². The first-order chi connectivity index (χ1) is 10.7. The largest absolute Gasteiger partial charge is 0.504 e. The van der Waals surface area contributed by atoms with Gasteiger partial charge < -0.3 is 15.2 Å². The predicted octanol–water partition coefficient (Wildman–Crippen LogP) is 4.12. The molecule has 4 nitrogen and oxygen atoms in total. The quantitative estimate of drug-likeness (QED) is 0.760. The monoisotopic (exact) mass is 294 g/mol. The van der Waals surface area contributed by atoms with Crippen LogP contribution in [0.1, 0.15) is 18.5 Å². The maximum absolute atomic E-state index is 9.69. The average molecular weight is 294 g/mol. The SMILES string of the molecule is COc1cc(C(C)Nc2cccc3ncccc23)ccc1O. The van der Waals surface area contributed by atoms with E-state index in [1.54, 1.807) is 19.4 Å². The number of methoxy groups -OCH3 is 1. The molecular weight excluding hydrogens is 276 g/mol. The van der Waals surface area contributed by atoms with E-state index in [9.17, 15) is 5.11 Å². The molecule has 0 fully saturated rings. The molecule has 0 saturated heterocycles. The van der Waals surface area contributed by atoms with E-state index in [0.717, 1.165) is 22.2 Å². The Balaban J connectivity index is 1.91. The van der Waals surface area contributed by atoms with Crippen molar-refractivity contribution in [3.63, 3.8) is 0 Å². The smallest absolute Gasteiger partial charge is 0.160 e. The zero-order valence-electron chi connectivity index (χ0n) is 12.6. The third-order valence-electron chi connectivity index (χ3n) is 3.72. The van der Waals surface area contributed by atoms with Crippen molar-refractivity contribution in [1.29, 1.82) is 0 Å². The third kappa shape index (κ3) is 2.68. The van der Waals surface area contributed by atoms with Gasteiger partial charge in [0.25, 0.3) is 0 Å². The van der Waals surface area contributed by atoms with Crippen molar-refractivity contribution in [2.75, 3.05) is 12.4 Å². The number of aromatic hydroxyl groups is 1. The minimum atomic E-state index is 0.0697. The van der Waals surface area contributed by atoms with Crippen LogP contribution in [0.5, 0.6) is 11.5 Å². The first-order valence-electron chi connectivity index (χ1n) is 7.16. The van der Waals surface area contributed by atoms with Crippen molar-refractivity contribution in [3.8, 4) is 11.5 Å².